The molecule has 0 aliphatic carbocycles. The Morgan fingerprint density at radius 1 is 2.00 bits per heavy atom. The number of rotatable bonds is 3. The molecule has 9 heteroatoms. The Kier molecular flexibility index (Phi) is 2.93. The molecule has 0 amide bonds. The number of nitrogens with zero attached hydrogens (tertiary/aromatic N) is 6. The molecule has 0 saturated carbocycles. The van der Waals surface area contributed by atoms with E-state index in [1.54, 1.807) is 0 Å². The van der Waals surface area contributed by atoms with E-state index in [-0.39, 0.29) is 5.17 Å². The van der Waals surface area contributed by atoms with Crippen LogP contribution in [0.2, 0.25) is 0 Å². The maximum absolute atomic E-state index is 9.45. The number of azide groups is 1. The SMILES string of the molecule is N#CN(N=[N+]=[N-])O[N+](=O)[O-]. The second kappa shape index (κ2) is 3.76. The maximum Gasteiger partial charge on any atom is 0.334 e. The lowest BCUT2D eigenvalue weighted by Crippen LogP contribution is -2.14. The minimum atomic E-state index is -1.28. The van der Waals surface area contributed by atoms with Gasteiger partial charge in [-0.1, -0.05) is 4.94 Å². The van der Waals surface area contributed by atoms with Gasteiger partial charge in [0.15, 0.2) is 0 Å². The van der Waals surface area contributed by atoms with Crippen LogP contribution < -0.4 is 0 Å². The van der Waals surface area contributed by atoms with E-state index >= 15 is 0 Å². The molecule has 9 nitrogen and oxygen atoms in total. The van der Waals surface area contributed by atoms with E-state index in [0.29, 0.717) is 0 Å². The molecular weight excluding hydrogens is 144 g/mol. The number of hydroxylamine groups is 1. The molecule has 0 aliphatic rings. The van der Waals surface area contributed by atoms with Crippen molar-refractivity contribution >= 4 is 0 Å². The molecule has 0 aliphatic heterocycles. The van der Waals surface area contributed by atoms with E-state index in [4.69, 9.17) is 10.8 Å². The second-order valence-corrected chi connectivity index (χ2v) is 0.857. The Bertz CT molecular complexity index is 210. The maximum atomic E-state index is 9.45. The van der Waals surface area contributed by atoms with Crippen LogP contribution in [0, 0.1) is 21.6 Å². The first-order valence-corrected chi connectivity index (χ1v) is 1.78. The third-order valence-electron chi connectivity index (χ3n) is 0.351. The van der Waals surface area contributed by atoms with Gasteiger partial charge in [0, 0.05) is 5.22 Å². The van der Waals surface area contributed by atoms with Gasteiger partial charge in [-0.25, -0.2) is 0 Å². The first kappa shape index (κ1) is 7.80. The largest absolute Gasteiger partial charge is 0.334 e. The van der Waals surface area contributed by atoms with Gasteiger partial charge in [-0.05, 0) is 0 Å². The summed E-state index contributed by atoms with van der Waals surface area (Å²) in [5, 5.41) is 18.3. The Labute approximate surface area is 53.7 Å². The molecule has 0 aromatic carbocycles. The lowest BCUT2D eigenvalue weighted by atomic mass is 11.4. The molecule has 52 valence electrons. The number of hydrogen-bond donors (Lipinski definition) is 0. The first-order chi connectivity index (χ1) is 4.70. The van der Waals surface area contributed by atoms with E-state index in [0.717, 1.165) is 6.19 Å². The van der Waals surface area contributed by atoms with E-state index in [1.807, 2.05) is 0 Å². The van der Waals surface area contributed by atoms with Gasteiger partial charge in [-0.2, -0.15) is 4.91 Å². The van der Waals surface area contributed by atoms with Crippen molar-refractivity contribution < 1.29 is 10.0 Å². The van der Waals surface area contributed by atoms with Crippen LogP contribution in [0.25, 0.3) is 10.4 Å². The fraction of sp³-hybridized carbons (Fsp3) is 0. The van der Waals surface area contributed by atoms with Crippen LogP contribution >= 0.6 is 0 Å². The Morgan fingerprint density at radius 2 is 2.60 bits per heavy atom. The fourth-order valence-corrected chi connectivity index (χ4v) is 0.154. The number of hydrogen-bond acceptors (Lipinski definition) is 5. The summed E-state index contributed by atoms with van der Waals surface area (Å²) in [6, 6.07) is 0. The lowest BCUT2D eigenvalue weighted by molar-refractivity contribution is -0.805. The topological polar surface area (TPSA) is 128 Å². The van der Waals surface area contributed by atoms with Gasteiger partial charge in [-0.3, -0.25) is 0 Å². The summed E-state index contributed by atoms with van der Waals surface area (Å²) in [6.45, 7) is 0. The summed E-state index contributed by atoms with van der Waals surface area (Å²) in [5.74, 6) is 0. The van der Waals surface area contributed by atoms with Gasteiger partial charge in [0.25, 0.3) is 0 Å². The summed E-state index contributed by atoms with van der Waals surface area (Å²) in [6.07, 6.45) is 1.08. The van der Waals surface area contributed by atoms with Crippen molar-refractivity contribution in [3.63, 3.8) is 0 Å². The molecule has 0 atom stereocenters. The van der Waals surface area contributed by atoms with Crippen molar-refractivity contribution in [2.45, 2.75) is 0 Å². The van der Waals surface area contributed by atoms with Gasteiger partial charge in [0.05, 0.1) is 5.17 Å². The molecule has 0 radical (unpaired) electrons. The van der Waals surface area contributed by atoms with E-state index in [1.165, 1.54) is 0 Å². The van der Waals surface area contributed by atoms with E-state index in [2.05, 4.69) is 15.1 Å². The van der Waals surface area contributed by atoms with Crippen LogP contribution in [0.1, 0.15) is 0 Å². The van der Waals surface area contributed by atoms with Crippen LogP contribution in [0.4, 0.5) is 0 Å². The van der Waals surface area contributed by atoms with Gasteiger partial charge >= 0.3 is 11.3 Å². The molecule has 0 saturated heterocycles. The molecule has 0 aromatic heterocycles. The minimum absolute atomic E-state index is 0.181. The summed E-state index contributed by atoms with van der Waals surface area (Å²) < 4.78 is 0. The molecule has 10 heavy (non-hydrogen) atoms. The van der Waals surface area contributed by atoms with E-state index in [9.17, 15) is 10.1 Å². The second-order valence-electron chi connectivity index (χ2n) is 0.857. The molecule has 0 rings (SSSR count). The summed E-state index contributed by atoms with van der Waals surface area (Å²) >= 11 is 0. The molecule has 0 N–H and O–H groups in total. The summed E-state index contributed by atoms with van der Waals surface area (Å²) in [4.78, 5) is 14.9. The molecule has 0 fully saturated rings. The highest BCUT2D eigenvalue weighted by Crippen LogP contribution is 1.87. The van der Waals surface area contributed by atoms with Crippen molar-refractivity contribution in [3.05, 3.63) is 20.6 Å². The fourth-order valence-electron chi connectivity index (χ4n) is 0.154. The monoisotopic (exact) mass is 144 g/mol. The zero-order valence-electron chi connectivity index (χ0n) is 4.41. The van der Waals surface area contributed by atoms with Crippen LogP contribution in [-0.4, -0.2) is 10.3 Å². The zero-order chi connectivity index (χ0) is 7.98. The highest BCUT2D eigenvalue weighted by atomic mass is 17.0. The zero-order valence-corrected chi connectivity index (χ0v) is 4.41. The summed E-state index contributed by atoms with van der Waals surface area (Å²) in [5.41, 5.74) is 7.64. The van der Waals surface area contributed by atoms with Crippen molar-refractivity contribution in [2.24, 2.45) is 5.22 Å². The van der Waals surface area contributed by atoms with Gasteiger partial charge < -0.3 is 0 Å². The van der Waals surface area contributed by atoms with Crippen molar-refractivity contribution in [1.29, 1.82) is 5.26 Å². The van der Waals surface area contributed by atoms with Gasteiger partial charge in [-0.15, -0.1) is 20.9 Å². The quantitative estimate of drug-likeness (QED) is 0.106. The Hall–Kier alpha value is -2.20. The van der Waals surface area contributed by atoms with Gasteiger partial charge in [0.2, 0.25) is 0 Å². The predicted octanol–water partition coefficient (Wildman–Crippen LogP) is 0.118. The van der Waals surface area contributed by atoms with Crippen molar-refractivity contribution in [2.75, 3.05) is 0 Å². The van der Waals surface area contributed by atoms with E-state index < -0.39 is 5.09 Å². The van der Waals surface area contributed by atoms with Crippen LogP contribution in [-0.2, 0) is 4.94 Å². The first-order valence-electron chi connectivity index (χ1n) is 1.78. The smallest absolute Gasteiger partial charge is 0.165 e. The Balaban J connectivity index is 3.99. The average molecular weight is 144 g/mol. The third-order valence-corrected chi connectivity index (χ3v) is 0.351. The molecule has 0 heterocycles. The third kappa shape index (κ3) is 2.89. The molecule has 0 spiro atoms. The normalized spacial score (nSPS) is 6.70. The van der Waals surface area contributed by atoms with Crippen LogP contribution in [0.3, 0.4) is 0 Å². The summed E-state index contributed by atoms with van der Waals surface area (Å²) in [7, 11) is 0. The highest BCUT2D eigenvalue weighted by molar-refractivity contribution is 4.58. The van der Waals surface area contributed by atoms with Crippen LogP contribution in [0.15, 0.2) is 5.22 Å². The average Bonchev–Trinajstić information content (AvgIpc) is 1.86. The lowest BCUT2D eigenvalue weighted by Gasteiger charge is -1.92. The molecule has 0 aromatic rings. The molecule has 0 unspecified atom stereocenters. The number of nitriles is 1. The Morgan fingerprint density at radius 3 is 2.90 bits per heavy atom. The minimum Gasteiger partial charge on any atom is -0.165 e. The van der Waals surface area contributed by atoms with Crippen molar-refractivity contribution in [1.82, 2.24) is 5.17 Å². The predicted molar refractivity (Wildman–Crippen MR) is 24.7 cm³/mol. The standard InChI is InChI=1S/CN6O3/c2-1-6(5-4-3)10-7(8)9. The molecular formula is CN6O3. The highest BCUT2D eigenvalue weighted by Gasteiger charge is 2.08. The van der Waals surface area contributed by atoms with Crippen molar-refractivity contribution in [3.8, 4) is 6.19 Å². The van der Waals surface area contributed by atoms with Gasteiger partial charge in [0.1, 0.15) is 0 Å². The van der Waals surface area contributed by atoms with Crippen LogP contribution in [0.5, 0.6) is 0 Å². The molecule has 0 bridgehead atoms.